The van der Waals surface area contributed by atoms with Crippen LogP contribution < -0.4 is 0 Å². The Bertz CT molecular complexity index is 156. The number of aliphatic hydroxyl groups excluding tert-OH is 1. The third-order valence-corrected chi connectivity index (χ3v) is 2.63. The standard InChI is InChI=1S/C11H22O/c1-8(2)7-10(12)11(5,6)9(3)4/h8,10,12H,3,7H2,1-2,4-6H3. The molecule has 12 heavy (non-hydrogen) atoms. The van der Waals surface area contributed by atoms with Gasteiger partial charge in [0, 0.05) is 5.41 Å². The predicted molar refractivity (Wildman–Crippen MR) is 54.1 cm³/mol. The summed E-state index contributed by atoms with van der Waals surface area (Å²) in [6.07, 6.45) is 0.579. The average Bonchev–Trinajstić information content (AvgIpc) is 1.85. The molecule has 1 nitrogen and oxygen atoms in total. The maximum absolute atomic E-state index is 9.86. The summed E-state index contributed by atoms with van der Waals surface area (Å²) in [6, 6.07) is 0. The highest BCUT2D eigenvalue weighted by molar-refractivity contribution is 5.06. The molecule has 1 atom stereocenters. The Kier molecular flexibility index (Phi) is 3.98. The number of aliphatic hydroxyl groups is 1. The van der Waals surface area contributed by atoms with E-state index in [1.54, 1.807) is 0 Å². The van der Waals surface area contributed by atoms with Crippen LogP contribution in [0.4, 0.5) is 0 Å². The van der Waals surface area contributed by atoms with E-state index in [9.17, 15) is 5.11 Å². The Labute approximate surface area is 76.5 Å². The van der Waals surface area contributed by atoms with Crippen LogP contribution in [0.15, 0.2) is 12.2 Å². The van der Waals surface area contributed by atoms with Gasteiger partial charge in [0.15, 0.2) is 0 Å². The van der Waals surface area contributed by atoms with Crippen molar-refractivity contribution < 1.29 is 5.11 Å². The minimum absolute atomic E-state index is 0.149. The van der Waals surface area contributed by atoms with Crippen molar-refractivity contribution >= 4 is 0 Å². The van der Waals surface area contributed by atoms with Gasteiger partial charge in [-0.25, -0.2) is 0 Å². The molecule has 0 saturated heterocycles. The second-order valence-corrected chi connectivity index (χ2v) is 4.65. The Morgan fingerprint density at radius 1 is 1.42 bits per heavy atom. The molecule has 0 radical (unpaired) electrons. The van der Waals surface area contributed by atoms with Crippen LogP contribution in [0.3, 0.4) is 0 Å². The topological polar surface area (TPSA) is 20.2 Å². The first kappa shape index (κ1) is 11.7. The molecule has 0 aromatic carbocycles. The highest BCUT2D eigenvalue weighted by Crippen LogP contribution is 2.31. The van der Waals surface area contributed by atoms with E-state index in [0.717, 1.165) is 12.0 Å². The molecule has 0 aliphatic carbocycles. The molecule has 0 amide bonds. The summed E-state index contributed by atoms with van der Waals surface area (Å²) in [4.78, 5) is 0. The van der Waals surface area contributed by atoms with Crippen molar-refractivity contribution in [1.29, 1.82) is 0 Å². The summed E-state index contributed by atoms with van der Waals surface area (Å²) < 4.78 is 0. The molecule has 0 aromatic rings. The van der Waals surface area contributed by atoms with E-state index in [-0.39, 0.29) is 11.5 Å². The normalized spacial score (nSPS) is 14.9. The van der Waals surface area contributed by atoms with Gasteiger partial charge in [-0.3, -0.25) is 0 Å². The minimum Gasteiger partial charge on any atom is -0.392 e. The predicted octanol–water partition coefficient (Wildman–Crippen LogP) is 3.00. The highest BCUT2D eigenvalue weighted by Gasteiger charge is 2.28. The molecule has 1 unspecified atom stereocenters. The molecule has 0 aliphatic rings. The van der Waals surface area contributed by atoms with Gasteiger partial charge in [-0.05, 0) is 19.3 Å². The lowest BCUT2D eigenvalue weighted by atomic mass is 9.77. The van der Waals surface area contributed by atoms with Crippen molar-refractivity contribution in [3.8, 4) is 0 Å². The maximum atomic E-state index is 9.86. The van der Waals surface area contributed by atoms with Crippen molar-refractivity contribution in [2.75, 3.05) is 0 Å². The van der Waals surface area contributed by atoms with E-state index in [0.29, 0.717) is 5.92 Å². The van der Waals surface area contributed by atoms with Gasteiger partial charge in [-0.2, -0.15) is 0 Å². The van der Waals surface area contributed by atoms with E-state index in [1.807, 2.05) is 20.8 Å². The van der Waals surface area contributed by atoms with Gasteiger partial charge in [0.25, 0.3) is 0 Å². The fourth-order valence-electron chi connectivity index (χ4n) is 1.03. The molecule has 0 bridgehead atoms. The second kappa shape index (κ2) is 4.08. The van der Waals surface area contributed by atoms with Crippen LogP contribution >= 0.6 is 0 Å². The van der Waals surface area contributed by atoms with Gasteiger partial charge in [-0.15, -0.1) is 0 Å². The first-order valence-electron chi connectivity index (χ1n) is 4.62. The maximum Gasteiger partial charge on any atom is 0.0630 e. The lowest BCUT2D eigenvalue weighted by Gasteiger charge is -2.32. The molecular weight excluding hydrogens is 148 g/mol. The molecule has 0 heterocycles. The molecule has 0 spiro atoms. The smallest absolute Gasteiger partial charge is 0.0630 e. The van der Waals surface area contributed by atoms with E-state index in [4.69, 9.17) is 0 Å². The SMILES string of the molecule is C=C(C)C(C)(C)C(O)CC(C)C. The van der Waals surface area contributed by atoms with Gasteiger partial charge in [0.05, 0.1) is 6.10 Å². The number of hydrogen-bond donors (Lipinski definition) is 1. The van der Waals surface area contributed by atoms with Crippen LogP contribution in [0.2, 0.25) is 0 Å². The fraction of sp³-hybridized carbons (Fsp3) is 0.818. The molecule has 1 heteroatoms. The molecule has 72 valence electrons. The van der Waals surface area contributed by atoms with Crippen LogP contribution in [0.5, 0.6) is 0 Å². The molecule has 0 rings (SSSR count). The average molecular weight is 170 g/mol. The molecule has 1 N–H and O–H groups in total. The quantitative estimate of drug-likeness (QED) is 0.643. The van der Waals surface area contributed by atoms with E-state index in [1.165, 1.54) is 0 Å². The Morgan fingerprint density at radius 2 is 1.83 bits per heavy atom. The number of rotatable bonds is 4. The summed E-state index contributed by atoms with van der Waals surface area (Å²) in [5.74, 6) is 0.540. The van der Waals surface area contributed by atoms with Crippen LogP contribution in [0, 0.1) is 11.3 Å². The summed E-state index contributed by atoms with van der Waals surface area (Å²) in [6.45, 7) is 14.2. The Morgan fingerprint density at radius 3 is 2.08 bits per heavy atom. The number of hydrogen-bond acceptors (Lipinski definition) is 1. The van der Waals surface area contributed by atoms with Crippen LogP contribution in [-0.4, -0.2) is 11.2 Å². The second-order valence-electron chi connectivity index (χ2n) is 4.65. The summed E-state index contributed by atoms with van der Waals surface area (Å²) >= 11 is 0. The molecule has 0 aromatic heterocycles. The molecule has 0 saturated carbocycles. The zero-order valence-corrected chi connectivity index (χ0v) is 9.02. The molecular formula is C11H22O. The summed E-state index contributed by atoms with van der Waals surface area (Å²) in [5, 5.41) is 9.86. The van der Waals surface area contributed by atoms with E-state index >= 15 is 0 Å². The first-order valence-corrected chi connectivity index (χ1v) is 4.62. The van der Waals surface area contributed by atoms with Gasteiger partial charge in [0.2, 0.25) is 0 Å². The first-order chi connectivity index (χ1) is 5.28. The summed E-state index contributed by atoms with van der Waals surface area (Å²) in [5.41, 5.74) is 0.903. The summed E-state index contributed by atoms with van der Waals surface area (Å²) in [7, 11) is 0. The zero-order chi connectivity index (χ0) is 9.94. The third kappa shape index (κ3) is 2.98. The van der Waals surface area contributed by atoms with Gasteiger partial charge in [-0.1, -0.05) is 39.8 Å². The van der Waals surface area contributed by atoms with E-state index in [2.05, 4.69) is 20.4 Å². The van der Waals surface area contributed by atoms with Crippen LogP contribution in [0.25, 0.3) is 0 Å². The lowest BCUT2D eigenvalue weighted by Crippen LogP contribution is -2.31. The Hall–Kier alpha value is -0.300. The third-order valence-electron chi connectivity index (χ3n) is 2.63. The van der Waals surface area contributed by atoms with Crippen molar-refractivity contribution in [2.45, 2.75) is 47.1 Å². The Balaban J connectivity index is 4.25. The van der Waals surface area contributed by atoms with Crippen molar-refractivity contribution in [2.24, 2.45) is 11.3 Å². The van der Waals surface area contributed by atoms with Crippen molar-refractivity contribution in [1.82, 2.24) is 0 Å². The molecule has 0 fully saturated rings. The van der Waals surface area contributed by atoms with Crippen molar-refractivity contribution in [3.05, 3.63) is 12.2 Å². The van der Waals surface area contributed by atoms with Gasteiger partial charge < -0.3 is 5.11 Å². The van der Waals surface area contributed by atoms with Gasteiger partial charge >= 0.3 is 0 Å². The molecule has 0 aliphatic heterocycles. The zero-order valence-electron chi connectivity index (χ0n) is 9.02. The minimum atomic E-state index is -0.269. The highest BCUT2D eigenvalue weighted by atomic mass is 16.3. The van der Waals surface area contributed by atoms with Gasteiger partial charge in [0.1, 0.15) is 0 Å². The largest absolute Gasteiger partial charge is 0.392 e. The van der Waals surface area contributed by atoms with Crippen molar-refractivity contribution in [3.63, 3.8) is 0 Å². The lowest BCUT2D eigenvalue weighted by molar-refractivity contribution is 0.0560. The monoisotopic (exact) mass is 170 g/mol. The van der Waals surface area contributed by atoms with Crippen LogP contribution in [0.1, 0.15) is 41.0 Å². The van der Waals surface area contributed by atoms with E-state index < -0.39 is 0 Å². The van der Waals surface area contributed by atoms with Crippen LogP contribution in [-0.2, 0) is 0 Å². The fourth-order valence-corrected chi connectivity index (χ4v) is 1.03.